The fourth-order valence-corrected chi connectivity index (χ4v) is 1.99. The first-order chi connectivity index (χ1) is 8.06. The number of anilines is 1. The molecule has 0 aliphatic carbocycles. The van der Waals surface area contributed by atoms with E-state index in [0.717, 1.165) is 4.47 Å². The Bertz CT molecular complexity index is 513. The van der Waals surface area contributed by atoms with Crippen LogP contribution < -0.4 is 10.5 Å². The average molecular weight is 317 g/mol. The van der Waals surface area contributed by atoms with E-state index in [1.165, 1.54) is 12.1 Å². The van der Waals surface area contributed by atoms with Gasteiger partial charge in [-0.2, -0.15) is 0 Å². The standard InChI is InChI=1S/C12H8BrClFNO/c13-7-1-3-11(9(14)5-7)17-12-4-2-8(16)6-10(12)15/h1-6H,16H2. The summed E-state index contributed by atoms with van der Waals surface area (Å²) in [6.07, 6.45) is 0. The molecule has 0 heterocycles. The van der Waals surface area contributed by atoms with Crippen LogP contribution in [0.4, 0.5) is 10.1 Å². The summed E-state index contributed by atoms with van der Waals surface area (Å²) in [4.78, 5) is 0. The van der Waals surface area contributed by atoms with Crippen LogP contribution in [0.1, 0.15) is 0 Å². The Morgan fingerprint density at radius 2 is 1.82 bits per heavy atom. The maximum atomic E-state index is 13.5. The van der Waals surface area contributed by atoms with Crippen LogP contribution in [0.25, 0.3) is 0 Å². The fraction of sp³-hybridized carbons (Fsp3) is 0. The van der Waals surface area contributed by atoms with E-state index in [1.807, 2.05) is 0 Å². The largest absolute Gasteiger partial charge is 0.453 e. The van der Waals surface area contributed by atoms with Crippen LogP contribution in [0, 0.1) is 5.82 Å². The topological polar surface area (TPSA) is 35.2 Å². The molecule has 88 valence electrons. The third-order valence-electron chi connectivity index (χ3n) is 2.07. The van der Waals surface area contributed by atoms with Crippen molar-refractivity contribution in [1.82, 2.24) is 0 Å². The number of benzene rings is 2. The first-order valence-electron chi connectivity index (χ1n) is 4.74. The summed E-state index contributed by atoms with van der Waals surface area (Å²) in [5.74, 6) is -0.0501. The highest BCUT2D eigenvalue weighted by atomic mass is 79.9. The SMILES string of the molecule is Nc1ccc(Oc2ccc(Br)cc2Cl)c(F)c1. The van der Waals surface area contributed by atoms with Crippen LogP contribution in [0.15, 0.2) is 40.9 Å². The quantitative estimate of drug-likeness (QED) is 0.821. The van der Waals surface area contributed by atoms with E-state index in [9.17, 15) is 4.39 Å². The second kappa shape index (κ2) is 4.94. The zero-order valence-electron chi connectivity index (χ0n) is 8.58. The molecule has 2 aromatic carbocycles. The molecule has 2 nitrogen and oxygen atoms in total. The van der Waals surface area contributed by atoms with Gasteiger partial charge in [0.2, 0.25) is 0 Å². The van der Waals surface area contributed by atoms with Gasteiger partial charge in [0, 0.05) is 16.2 Å². The van der Waals surface area contributed by atoms with Gasteiger partial charge in [-0.3, -0.25) is 0 Å². The maximum absolute atomic E-state index is 13.5. The van der Waals surface area contributed by atoms with Gasteiger partial charge in [0.1, 0.15) is 5.75 Å². The second-order valence-corrected chi connectivity index (χ2v) is 4.69. The van der Waals surface area contributed by atoms with Gasteiger partial charge in [-0.25, -0.2) is 4.39 Å². The van der Waals surface area contributed by atoms with Crippen LogP contribution in [0.5, 0.6) is 11.5 Å². The number of nitrogens with two attached hydrogens (primary N) is 1. The Balaban J connectivity index is 2.31. The number of nitrogen functional groups attached to an aromatic ring is 1. The van der Waals surface area contributed by atoms with Gasteiger partial charge < -0.3 is 10.5 Å². The molecular formula is C12H8BrClFNO. The normalized spacial score (nSPS) is 10.3. The van der Waals surface area contributed by atoms with Crippen molar-refractivity contribution in [3.05, 3.63) is 51.7 Å². The van der Waals surface area contributed by atoms with E-state index in [1.54, 1.807) is 24.3 Å². The van der Waals surface area contributed by atoms with E-state index in [0.29, 0.717) is 16.5 Å². The molecular weight excluding hydrogens is 308 g/mol. The van der Waals surface area contributed by atoms with Crippen molar-refractivity contribution >= 4 is 33.2 Å². The summed E-state index contributed by atoms with van der Waals surface area (Å²) < 4.78 is 19.7. The van der Waals surface area contributed by atoms with Crippen molar-refractivity contribution in [1.29, 1.82) is 0 Å². The lowest BCUT2D eigenvalue weighted by Gasteiger charge is -2.09. The summed E-state index contributed by atoms with van der Waals surface area (Å²) in [7, 11) is 0. The predicted molar refractivity (Wildman–Crippen MR) is 70.0 cm³/mol. The molecule has 0 saturated carbocycles. The van der Waals surface area contributed by atoms with Gasteiger partial charge in [0.25, 0.3) is 0 Å². The summed E-state index contributed by atoms with van der Waals surface area (Å²) in [5, 5.41) is 0.399. The lowest BCUT2D eigenvalue weighted by atomic mass is 10.3. The minimum Gasteiger partial charge on any atom is -0.453 e. The van der Waals surface area contributed by atoms with Gasteiger partial charge >= 0.3 is 0 Å². The van der Waals surface area contributed by atoms with Crippen molar-refractivity contribution in [3.63, 3.8) is 0 Å². The Morgan fingerprint density at radius 3 is 2.47 bits per heavy atom. The number of hydrogen-bond acceptors (Lipinski definition) is 2. The molecule has 0 radical (unpaired) electrons. The zero-order valence-corrected chi connectivity index (χ0v) is 10.9. The Hall–Kier alpha value is -1.26. The molecule has 0 unspecified atom stereocenters. The first kappa shape index (κ1) is 12.2. The van der Waals surface area contributed by atoms with Crippen LogP contribution in [0.2, 0.25) is 5.02 Å². The molecule has 0 atom stereocenters. The molecule has 0 fully saturated rings. The van der Waals surface area contributed by atoms with Crippen molar-refractivity contribution in [2.75, 3.05) is 5.73 Å². The Kier molecular flexibility index (Phi) is 3.54. The van der Waals surface area contributed by atoms with E-state index in [-0.39, 0.29) is 5.75 Å². The summed E-state index contributed by atoms with van der Waals surface area (Å²) in [6, 6.07) is 9.31. The van der Waals surface area contributed by atoms with Crippen molar-refractivity contribution < 1.29 is 9.13 Å². The first-order valence-corrected chi connectivity index (χ1v) is 5.91. The molecule has 2 rings (SSSR count). The number of ether oxygens (including phenoxy) is 1. The minimum atomic E-state index is -0.524. The van der Waals surface area contributed by atoms with Gasteiger partial charge in [-0.05, 0) is 30.3 Å². The molecule has 5 heteroatoms. The van der Waals surface area contributed by atoms with Gasteiger partial charge in [-0.1, -0.05) is 27.5 Å². The highest BCUT2D eigenvalue weighted by Gasteiger charge is 2.08. The fourth-order valence-electron chi connectivity index (χ4n) is 1.28. The predicted octanol–water partition coefficient (Wildman–Crippen LogP) is 4.62. The molecule has 0 saturated heterocycles. The number of hydrogen-bond donors (Lipinski definition) is 1. The number of halogens is 3. The summed E-state index contributed by atoms with van der Waals surface area (Å²) >= 11 is 9.24. The van der Waals surface area contributed by atoms with Crippen LogP contribution in [-0.4, -0.2) is 0 Å². The highest BCUT2D eigenvalue weighted by molar-refractivity contribution is 9.10. The van der Waals surface area contributed by atoms with E-state index < -0.39 is 5.82 Å². The third kappa shape index (κ3) is 2.90. The molecule has 0 aliphatic heterocycles. The third-order valence-corrected chi connectivity index (χ3v) is 2.86. The van der Waals surface area contributed by atoms with Gasteiger partial charge in [0.15, 0.2) is 11.6 Å². The molecule has 0 amide bonds. The molecule has 2 N–H and O–H groups in total. The molecule has 0 aliphatic rings. The van der Waals surface area contributed by atoms with Crippen LogP contribution >= 0.6 is 27.5 Å². The highest BCUT2D eigenvalue weighted by Crippen LogP contribution is 2.33. The number of rotatable bonds is 2. The average Bonchev–Trinajstić information content (AvgIpc) is 2.25. The molecule has 0 spiro atoms. The smallest absolute Gasteiger partial charge is 0.167 e. The van der Waals surface area contributed by atoms with Crippen LogP contribution in [0.3, 0.4) is 0 Å². The lowest BCUT2D eigenvalue weighted by molar-refractivity contribution is 0.442. The van der Waals surface area contributed by atoms with E-state index in [2.05, 4.69) is 15.9 Å². The Labute approximate surface area is 111 Å². The maximum Gasteiger partial charge on any atom is 0.167 e. The van der Waals surface area contributed by atoms with Crippen LogP contribution in [-0.2, 0) is 0 Å². The van der Waals surface area contributed by atoms with Crippen molar-refractivity contribution in [3.8, 4) is 11.5 Å². The zero-order chi connectivity index (χ0) is 12.4. The summed E-state index contributed by atoms with van der Waals surface area (Å²) in [6.45, 7) is 0. The molecule has 2 aromatic rings. The lowest BCUT2D eigenvalue weighted by Crippen LogP contribution is -1.91. The second-order valence-electron chi connectivity index (χ2n) is 3.37. The Morgan fingerprint density at radius 1 is 1.12 bits per heavy atom. The molecule has 0 bridgehead atoms. The minimum absolute atomic E-state index is 0.0865. The monoisotopic (exact) mass is 315 g/mol. The summed E-state index contributed by atoms with van der Waals surface area (Å²) in [5.41, 5.74) is 5.79. The molecule has 0 aromatic heterocycles. The van der Waals surface area contributed by atoms with Gasteiger partial charge in [0.05, 0.1) is 5.02 Å². The van der Waals surface area contributed by atoms with E-state index in [4.69, 9.17) is 22.1 Å². The van der Waals surface area contributed by atoms with Crippen molar-refractivity contribution in [2.45, 2.75) is 0 Å². The van der Waals surface area contributed by atoms with E-state index >= 15 is 0 Å². The molecule has 17 heavy (non-hydrogen) atoms. The van der Waals surface area contributed by atoms with Crippen molar-refractivity contribution in [2.24, 2.45) is 0 Å². The van der Waals surface area contributed by atoms with Gasteiger partial charge in [-0.15, -0.1) is 0 Å².